The van der Waals surface area contributed by atoms with E-state index in [0.717, 1.165) is 17.0 Å². The van der Waals surface area contributed by atoms with Gasteiger partial charge in [0, 0.05) is 5.75 Å². The molecule has 6 heteroatoms. The van der Waals surface area contributed by atoms with Crippen LogP contribution in [0.4, 0.5) is 4.39 Å². The molecule has 2 aromatic carbocycles. The van der Waals surface area contributed by atoms with Crippen molar-refractivity contribution in [2.75, 3.05) is 5.75 Å². The zero-order valence-corrected chi connectivity index (χ0v) is 13.2. The quantitative estimate of drug-likeness (QED) is 0.721. The first-order valence-electron chi connectivity index (χ1n) is 7.20. The SMILES string of the molecule is Cc1ccc(C2=Nn3c(nnc3-c3ccccc3F)SC2)cc1. The third kappa shape index (κ3) is 2.55. The minimum Gasteiger partial charge on any atom is -0.206 e. The lowest BCUT2D eigenvalue weighted by molar-refractivity contribution is 0.627. The van der Waals surface area contributed by atoms with Crippen molar-refractivity contribution >= 4 is 17.5 Å². The van der Waals surface area contributed by atoms with Gasteiger partial charge in [0.15, 0.2) is 5.82 Å². The van der Waals surface area contributed by atoms with E-state index in [1.807, 2.05) is 12.1 Å². The highest BCUT2D eigenvalue weighted by molar-refractivity contribution is 7.99. The Morgan fingerprint density at radius 2 is 1.83 bits per heavy atom. The van der Waals surface area contributed by atoms with Crippen LogP contribution in [0.15, 0.2) is 58.8 Å². The second kappa shape index (κ2) is 5.62. The Hall–Kier alpha value is -2.47. The van der Waals surface area contributed by atoms with Crippen LogP contribution in [0.25, 0.3) is 11.4 Å². The zero-order chi connectivity index (χ0) is 15.8. The zero-order valence-electron chi connectivity index (χ0n) is 12.4. The highest BCUT2D eigenvalue weighted by atomic mass is 32.2. The van der Waals surface area contributed by atoms with Crippen molar-refractivity contribution in [2.45, 2.75) is 12.1 Å². The molecule has 0 saturated carbocycles. The van der Waals surface area contributed by atoms with Crippen molar-refractivity contribution in [3.05, 3.63) is 65.5 Å². The summed E-state index contributed by atoms with van der Waals surface area (Å²) in [6.07, 6.45) is 0. The number of hydrogen-bond acceptors (Lipinski definition) is 4. The normalized spacial score (nSPS) is 13.6. The Morgan fingerprint density at radius 3 is 2.61 bits per heavy atom. The molecule has 114 valence electrons. The smallest absolute Gasteiger partial charge is 0.206 e. The van der Waals surface area contributed by atoms with Crippen LogP contribution in [-0.4, -0.2) is 26.3 Å². The number of aryl methyl sites for hydroxylation is 1. The molecule has 0 aliphatic carbocycles. The molecule has 0 atom stereocenters. The second-order valence-electron chi connectivity index (χ2n) is 5.30. The molecule has 0 spiro atoms. The van der Waals surface area contributed by atoms with Gasteiger partial charge in [-0.25, -0.2) is 4.39 Å². The summed E-state index contributed by atoms with van der Waals surface area (Å²) in [6.45, 7) is 2.05. The molecule has 0 fully saturated rings. The lowest BCUT2D eigenvalue weighted by atomic mass is 10.1. The lowest BCUT2D eigenvalue weighted by Crippen LogP contribution is -2.13. The first-order chi connectivity index (χ1) is 11.2. The predicted molar refractivity (Wildman–Crippen MR) is 89.3 cm³/mol. The molecule has 0 radical (unpaired) electrons. The van der Waals surface area contributed by atoms with E-state index >= 15 is 0 Å². The molecule has 0 saturated heterocycles. The Labute approximate surface area is 137 Å². The molecular formula is C17H13FN4S. The van der Waals surface area contributed by atoms with E-state index in [9.17, 15) is 4.39 Å². The van der Waals surface area contributed by atoms with Gasteiger partial charge in [0.05, 0.1) is 11.3 Å². The van der Waals surface area contributed by atoms with Crippen molar-refractivity contribution in [3.8, 4) is 11.4 Å². The van der Waals surface area contributed by atoms with Gasteiger partial charge >= 0.3 is 0 Å². The van der Waals surface area contributed by atoms with Crippen LogP contribution in [0.1, 0.15) is 11.1 Å². The third-order valence-electron chi connectivity index (χ3n) is 3.67. The average molecular weight is 324 g/mol. The van der Waals surface area contributed by atoms with Crippen LogP contribution in [0.3, 0.4) is 0 Å². The first-order valence-corrected chi connectivity index (χ1v) is 8.19. The minimum atomic E-state index is -0.328. The molecule has 4 nitrogen and oxygen atoms in total. The molecule has 0 unspecified atom stereocenters. The number of halogens is 1. The standard InChI is InChI=1S/C17H13FN4S/c1-11-6-8-12(9-7-11)15-10-23-17-20-19-16(22(17)21-15)13-4-2-3-5-14(13)18/h2-9H,10H2,1H3. The molecule has 1 aliphatic heterocycles. The first kappa shape index (κ1) is 14.1. The van der Waals surface area contributed by atoms with Crippen molar-refractivity contribution < 1.29 is 4.39 Å². The van der Waals surface area contributed by atoms with Crippen molar-refractivity contribution in [1.82, 2.24) is 14.9 Å². The molecule has 1 aliphatic rings. The van der Waals surface area contributed by atoms with Crippen LogP contribution in [-0.2, 0) is 0 Å². The molecule has 4 rings (SSSR count). The molecule has 0 amide bonds. The van der Waals surface area contributed by atoms with Gasteiger partial charge < -0.3 is 0 Å². The fourth-order valence-electron chi connectivity index (χ4n) is 2.43. The number of benzene rings is 2. The van der Waals surface area contributed by atoms with Crippen molar-refractivity contribution in [2.24, 2.45) is 5.10 Å². The fourth-order valence-corrected chi connectivity index (χ4v) is 3.26. The van der Waals surface area contributed by atoms with E-state index in [4.69, 9.17) is 0 Å². The Morgan fingerprint density at radius 1 is 1.04 bits per heavy atom. The van der Waals surface area contributed by atoms with E-state index in [0.29, 0.717) is 16.5 Å². The third-order valence-corrected chi connectivity index (χ3v) is 4.60. The maximum atomic E-state index is 14.1. The maximum absolute atomic E-state index is 14.1. The van der Waals surface area contributed by atoms with Crippen LogP contribution >= 0.6 is 11.8 Å². The van der Waals surface area contributed by atoms with E-state index < -0.39 is 0 Å². The van der Waals surface area contributed by atoms with Gasteiger partial charge in [-0.15, -0.1) is 10.2 Å². The summed E-state index contributed by atoms with van der Waals surface area (Å²) < 4.78 is 15.7. The summed E-state index contributed by atoms with van der Waals surface area (Å²) in [6, 6.07) is 14.7. The van der Waals surface area contributed by atoms with Crippen LogP contribution in [0.5, 0.6) is 0 Å². The molecule has 23 heavy (non-hydrogen) atoms. The van der Waals surface area contributed by atoms with Gasteiger partial charge in [-0.05, 0) is 24.6 Å². The van der Waals surface area contributed by atoms with Gasteiger partial charge in [0.1, 0.15) is 5.82 Å². The number of nitrogens with zero attached hydrogens (tertiary/aromatic N) is 4. The topological polar surface area (TPSA) is 43.1 Å². The maximum Gasteiger partial charge on any atom is 0.212 e. The van der Waals surface area contributed by atoms with Gasteiger partial charge in [-0.1, -0.05) is 53.7 Å². The molecule has 3 aromatic rings. The summed E-state index contributed by atoms with van der Waals surface area (Å²) in [5.41, 5.74) is 3.59. The van der Waals surface area contributed by atoms with Crippen molar-refractivity contribution in [1.29, 1.82) is 0 Å². The summed E-state index contributed by atoms with van der Waals surface area (Å²) in [5, 5.41) is 13.6. The fraction of sp³-hybridized carbons (Fsp3) is 0.118. The monoisotopic (exact) mass is 324 g/mol. The predicted octanol–water partition coefficient (Wildman–Crippen LogP) is 3.75. The summed E-state index contributed by atoms with van der Waals surface area (Å²) in [4.78, 5) is 0. The van der Waals surface area contributed by atoms with Gasteiger partial charge in [-0.2, -0.15) is 9.78 Å². The van der Waals surface area contributed by atoms with Crippen molar-refractivity contribution in [3.63, 3.8) is 0 Å². The van der Waals surface area contributed by atoms with E-state index in [1.54, 1.807) is 34.6 Å². The van der Waals surface area contributed by atoms with E-state index in [1.165, 1.54) is 11.6 Å². The summed E-state index contributed by atoms with van der Waals surface area (Å²) >= 11 is 1.55. The lowest BCUT2D eigenvalue weighted by Gasteiger charge is -2.14. The number of rotatable bonds is 2. The molecule has 1 aromatic heterocycles. The van der Waals surface area contributed by atoms with Gasteiger partial charge in [0.25, 0.3) is 0 Å². The number of fused-ring (bicyclic) bond motifs is 1. The Bertz CT molecular complexity index is 899. The Balaban J connectivity index is 1.81. The largest absolute Gasteiger partial charge is 0.212 e. The van der Waals surface area contributed by atoms with Crippen LogP contribution < -0.4 is 0 Å². The average Bonchev–Trinajstić information content (AvgIpc) is 2.99. The van der Waals surface area contributed by atoms with Gasteiger partial charge in [0.2, 0.25) is 5.16 Å². The molecule has 0 N–H and O–H groups in total. The van der Waals surface area contributed by atoms with E-state index in [-0.39, 0.29) is 5.82 Å². The second-order valence-corrected chi connectivity index (χ2v) is 6.24. The minimum absolute atomic E-state index is 0.328. The van der Waals surface area contributed by atoms with Crippen LogP contribution in [0.2, 0.25) is 0 Å². The van der Waals surface area contributed by atoms with E-state index in [2.05, 4.69) is 34.4 Å². The highest BCUT2D eigenvalue weighted by Gasteiger charge is 2.22. The molecule has 2 heterocycles. The highest BCUT2D eigenvalue weighted by Crippen LogP contribution is 2.29. The molecule has 0 bridgehead atoms. The Kier molecular flexibility index (Phi) is 3.46. The molecular weight excluding hydrogens is 311 g/mol. The summed E-state index contributed by atoms with van der Waals surface area (Å²) in [7, 11) is 0. The number of aromatic nitrogens is 3. The van der Waals surface area contributed by atoms with Crippen LogP contribution in [0, 0.1) is 12.7 Å². The number of hydrogen-bond donors (Lipinski definition) is 0. The summed E-state index contributed by atoms with van der Waals surface area (Å²) in [5.74, 6) is 0.818. The number of thioether (sulfide) groups is 1. The van der Waals surface area contributed by atoms with Gasteiger partial charge in [-0.3, -0.25) is 0 Å².